The van der Waals surface area contributed by atoms with E-state index in [1.807, 2.05) is 18.2 Å². The third-order valence-electron chi connectivity index (χ3n) is 3.12. The Hall–Kier alpha value is -1.55. The van der Waals surface area contributed by atoms with Gasteiger partial charge in [0.1, 0.15) is 0 Å². The third kappa shape index (κ3) is 9.91. The molecule has 0 saturated carbocycles. The fourth-order valence-electron chi connectivity index (χ4n) is 1.82. The molecule has 0 spiro atoms. The standard InChI is InChI=1S/C17H29N3O/c1-15(2)10-12-20-17(18)19-11-6-7-13-21-14-16-8-4-3-5-9-16/h3-5,8-9,15H,6-7,10-14H2,1-2H3,(H3,18,19,20). The quantitative estimate of drug-likeness (QED) is 0.396. The average molecular weight is 291 g/mol. The maximum atomic E-state index is 5.78. The van der Waals surface area contributed by atoms with E-state index < -0.39 is 0 Å². The Labute approximate surface area is 128 Å². The molecule has 0 aliphatic carbocycles. The van der Waals surface area contributed by atoms with Gasteiger partial charge < -0.3 is 15.8 Å². The van der Waals surface area contributed by atoms with Gasteiger partial charge in [-0.25, -0.2) is 0 Å². The maximum Gasteiger partial charge on any atom is 0.188 e. The number of unbranched alkanes of at least 4 members (excludes halogenated alkanes) is 1. The molecular formula is C17H29N3O. The minimum atomic E-state index is 0.556. The highest BCUT2D eigenvalue weighted by Gasteiger charge is 1.95. The van der Waals surface area contributed by atoms with Crippen molar-refractivity contribution in [2.45, 2.75) is 39.7 Å². The summed E-state index contributed by atoms with van der Waals surface area (Å²) in [4.78, 5) is 4.30. The predicted molar refractivity (Wildman–Crippen MR) is 89.3 cm³/mol. The monoisotopic (exact) mass is 291 g/mol. The van der Waals surface area contributed by atoms with Gasteiger partial charge in [0.2, 0.25) is 0 Å². The first kappa shape index (κ1) is 17.5. The van der Waals surface area contributed by atoms with E-state index in [2.05, 4.69) is 36.3 Å². The second-order valence-electron chi connectivity index (χ2n) is 5.62. The molecule has 1 rings (SSSR count). The molecule has 0 aliphatic heterocycles. The molecule has 1 aromatic rings. The van der Waals surface area contributed by atoms with E-state index in [-0.39, 0.29) is 0 Å². The van der Waals surface area contributed by atoms with Crippen LogP contribution in [-0.2, 0) is 11.3 Å². The fourth-order valence-corrected chi connectivity index (χ4v) is 1.82. The van der Waals surface area contributed by atoms with Crippen molar-refractivity contribution in [3.8, 4) is 0 Å². The summed E-state index contributed by atoms with van der Waals surface area (Å²) < 4.78 is 5.62. The lowest BCUT2D eigenvalue weighted by atomic mass is 10.1. The van der Waals surface area contributed by atoms with E-state index in [0.29, 0.717) is 18.5 Å². The van der Waals surface area contributed by atoms with Crippen LogP contribution in [0.15, 0.2) is 35.3 Å². The zero-order chi connectivity index (χ0) is 15.3. The molecule has 0 saturated heterocycles. The van der Waals surface area contributed by atoms with Crippen LogP contribution in [0.2, 0.25) is 0 Å². The van der Waals surface area contributed by atoms with Crippen LogP contribution in [-0.4, -0.2) is 25.7 Å². The van der Waals surface area contributed by atoms with Gasteiger partial charge in [0.15, 0.2) is 5.96 Å². The van der Waals surface area contributed by atoms with Crippen LogP contribution in [0.3, 0.4) is 0 Å². The zero-order valence-electron chi connectivity index (χ0n) is 13.3. The number of hydrogen-bond acceptors (Lipinski definition) is 2. The van der Waals surface area contributed by atoms with Gasteiger partial charge in [-0.2, -0.15) is 0 Å². The first-order chi connectivity index (χ1) is 10.2. The van der Waals surface area contributed by atoms with Crippen molar-refractivity contribution in [1.29, 1.82) is 0 Å². The summed E-state index contributed by atoms with van der Waals surface area (Å²) in [7, 11) is 0. The number of rotatable bonds is 10. The van der Waals surface area contributed by atoms with Crippen LogP contribution >= 0.6 is 0 Å². The summed E-state index contributed by atoms with van der Waals surface area (Å²) in [5.41, 5.74) is 7.00. The second-order valence-corrected chi connectivity index (χ2v) is 5.62. The van der Waals surface area contributed by atoms with Gasteiger partial charge in [0.05, 0.1) is 6.61 Å². The van der Waals surface area contributed by atoms with Crippen LogP contribution in [0.1, 0.15) is 38.7 Å². The highest BCUT2D eigenvalue weighted by atomic mass is 16.5. The van der Waals surface area contributed by atoms with Gasteiger partial charge in [-0.1, -0.05) is 44.2 Å². The molecule has 4 heteroatoms. The topological polar surface area (TPSA) is 59.6 Å². The SMILES string of the molecule is CC(C)CCNC(N)=NCCCCOCc1ccccc1. The summed E-state index contributed by atoms with van der Waals surface area (Å²) in [5.74, 6) is 1.24. The molecule has 0 heterocycles. The van der Waals surface area contributed by atoms with Crippen LogP contribution in [0.25, 0.3) is 0 Å². The number of hydrogen-bond donors (Lipinski definition) is 2. The van der Waals surface area contributed by atoms with Crippen molar-refractivity contribution < 1.29 is 4.74 Å². The highest BCUT2D eigenvalue weighted by Crippen LogP contribution is 2.01. The van der Waals surface area contributed by atoms with E-state index in [9.17, 15) is 0 Å². The van der Waals surface area contributed by atoms with Crippen molar-refractivity contribution in [2.24, 2.45) is 16.6 Å². The Balaban J connectivity index is 1.96. The molecule has 0 atom stereocenters. The molecule has 21 heavy (non-hydrogen) atoms. The van der Waals surface area contributed by atoms with Crippen molar-refractivity contribution in [3.05, 3.63) is 35.9 Å². The van der Waals surface area contributed by atoms with Crippen molar-refractivity contribution >= 4 is 5.96 Å². The maximum absolute atomic E-state index is 5.78. The molecule has 0 unspecified atom stereocenters. The number of nitrogens with one attached hydrogen (secondary N) is 1. The minimum Gasteiger partial charge on any atom is -0.377 e. The van der Waals surface area contributed by atoms with Crippen molar-refractivity contribution in [1.82, 2.24) is 5.32 Å². The molecule has 0 aromatic heterocycles. The Kier molecular flexibility index (Phi) is 9.29. The fraction of sp³-hybridized carbons (Fsp3) is 0.588. The molecule has 4 nitrogen and oxygen atoms in total. The summed E-state index contributed by atoms with van der Waals surface area (Å²) >= 11 is 0. The number of ether oxygens (including phenoxy) is 1. The summed E-state index contributed by atoms with van der Waals surface area (Å²) in [5, 5.41) is 3.13. The summed E-state index contributed by atoms with van der Waals surface area (Å²) in [6.07, 6.45) is 3.13. The molecule has 0 aliphatic rings. The lowest BCUT2D eigenvalue weighted by Crippen LogP contribution is -2.33. The molecule has 0 radical (unpaired) electrons. The van der Waals surface area contributed by atoms with E-state index in [1.165, 1.54) is 5.56 Å². The molecule has 118 valence electrons. The van der Waals surface area contributed by atoms with Gasteiger partial charge in [-0.3, -0.25) is 4.99 Å². The van der Waals surface area contributed by atoms with Crippen LogP contribution < -0.4 is 11.1 Å². The highest BCUT2D eigenvalue weighted by molar-refractivity contribution is 5.77. The third-order valence-corrected chi connectivity index (χ3v) is 3.12. The van der Waals surface area contributed by atoms with Crippen LogP contribution in [0, 0.1) is 5.92 Å². The Morgan fingerprint density at radius 1 is 1.24 bits per heavy atom. The Bertz CT molecular complexity index is 390. The summed E-state index contributed by atoms with van der Waals surface area (Å²) in [6.45, 7) is 7.51. The molecule has 0 fully saturated rings. The zero-order valence-corrected chi connectivity index (χ0v) is 13.3. The van der Waals surface area contributed by atoms with E-state index in [4.69, 9.17) is 10.5 Å². The van der Waals surface area contributed by atoms with Gasteiger partial charge in [0, 0.05) is 19.7 Å². The number of nitrogens with two attached hydrogens (primary N) is 1. The van der Waals surface area contributed by atoms with E-state index in [1.54, 1.807) is 0 Å². The number of benzene rings is 1. The van der Waals surface area contributed by atoms with Gasteiger partial charge in [-0.05, 0) is 30.7 Å². The lowest BCUT2D eigenvalue weighted by molar-refractivity contribution is 0.117. The van der Waals surface area contributed by atoms with Crippen LogP contribution in [0.5, 0.6) is 0 Å². The normalized spacial score (nSPS) is 11.9. The van der Waals surface area contributed by atoms with Gasteiger partial charge in [-0.15, -0.1) is 0 Å². The number of nitrogens with zero attached hydrogens (tertiary/aromatic N) is 1. The smallest absolute Gasteiger partial charge is 0.188 e. The van der Waals surface area contributed by atoms with Crippen molar-refractivity contribution in [3.63, 3.8) is 0 Å². The second kappa shape index (κ2) is 11.1. The van der Waals surface area contributed by atoms with Gasteiger partial charge in [0.25, 0.3) is 0 Å². The predicted octanol–water partition coefficient (Wildman–Crippen LogP) is 2.93. The Morgan fingerprint density at radius 3 is 2.71 bits per heavy atom. The average Bonchev–Trinajstić information content (AvgIpc) is 2.47. The van der Waals surface area contributed by atoms with E-state index in [0.717, 1.165) is 39.0 Å². The minimum absolute atomic E-state index is 0.556. The lowest BCUT2D eigenvalue weighted by Gasteiger charge is -2.07. The molecule has 3 N–H and O–H groups in total. The summed E-state index contributed by atoms with van der Waals surface area (Å²) in [6, 6.07) is 10.2. The molecule has 0 bridgehead atoms. The molecule has 0 amide bonds. The molecule has 1 aromatic carbocycles. The number of guanidine groups is 1. The Morgan fingerprint density at radius 2 is 2.00 bits per heavy atom. The van der Waals surface area contributed by atoms with Crippen LogP contribution in [0.4, 0.5) is 0 Å². The first-order valence-corrected chi connectivity index (χ1v) is 7.84. The number of aliphatic imine (C=N–C) groups is 1. The molecular weight excluding hydrogens is 262 g/mol. The van der Waals surface area contributed by atoms with E-state index >= 15 is 0 Å². The van der Waals surface area contributed by atoms with Crippen molar-refractivity contribution in [2.75, 3.05) is 19.7 Å². The first-order valence-electron chi connectivity index (χ1n) is 7.84. The van der Waals surface area contributed by atoms with Gasteiger partial charge >= 0.3 is 0 Å². The largest absolute Gasteiger partial charge is 0.377 e.